The van der Waals surface area contributed by atoms with E-state index in [0.717, 1.165) is 33.3 Å². The van der Waals surface area contributed by atoms with Crippen molar-refractivity contribution in [2.75, 3.05) is 5.75 Å². The molecule has 1 aliphatic carbocycles. The lowest BCUT2D eigenvalue weighted by Crippen LogP contribution is -2.22. The molecule has 0 aliphatic heterocycles. The molecule has 28 heavy (non-hydrogen) atoms. The summed E-state index contributed by atoms with van der Waals surface area (Å²) >= 11 is 3.19. The largest absolute Gasteiger partial charge is 0.289 e. The quantitative estimate of drug-likeness (QED) is 0.271. The average molecular weight is 405 g/mol. The van der Waals surface area contributed by atoms with E-state index >= 15 is 0 Å². The number of rotatable bonds is 6. The summed E-state index contributed by atoms with van der Waals surface area (Å²) in [5.41, 5.74) is 2.15. The molecular formula is C24H20O2S2. The van der Waals surface area contributed by atoms with Gasteiger partial charge >= 0.3 is 0 Å². The van der Waals surface area contributed by atoms with Crippen LogP contribution in [0.25, 0.3) is 0 Å². The first-order chi connectivity index (χ1) is 13.7. The van der Waals surface area contributed by atoms with Crippen molar-refractivity contribution < 1.29 is 9.59 Å². The van der Waals surface area contributed by atoms with E-state index in [1.807, 2.05) is 54.6 Å². The van der Waals surface area contributed by atoms with Crippen LogP contribution in [0, 0.1) is 0 Å². The number of ketones is 2. The van der Waals surface area contributed by atoms with Crippen molar-refractivity contribution in [3.8, 4) is 0 Å². The van der Waals surface area contributed by atoms with E-state index in [9.17, 15) is 9.59 Å². The normalized spacial score (nSPS) is 12.6. The van der Waals surface area contributed by atoms with Gasteiger partial charge in [0.1, 0.15) is 0 Å². The van der Waals surface area contributed by atoms with Crippen LogP contribution in [-0.2, 0) is 0 Å². The Morgan fingerprint density at radius 3 is 1.96 bits per heavy atom. The van der Waals surface area contributed by atoms with Crippen molar-refractivity contribution in [2.24, 2.45) is 0 Å². The van der Waals surface area contributed by atoms with Crippen LogP contribution in [0.3, 0.4) is 0 Å². The maximum atomic E-state index is 13.4. The van der Waals surface area contributed by atoms with Gasteiger partial charge in [-0.15, -0.1) is 11.8 Å². The first-order valence-corrected chi connectivity index (χ1v) is 11.2. The summed E-state index contributed by atoms with van der Waals surface area (Å²) in [4.78, 5) is 29.5. The van der Waals surface area contributed by atoms with E-state index in [1.54, 1.807) is 23.9 Å². The molecule has 1 aliphatic rings. The van der Waals surface area contributed by atoms with E-state index in [1.165, 1.54) is 11.8 Å². The van der Waals surface area contributed by atoms with Crippen LogP contribution in [0.2, 0.25) is 0 Å². The molecule has 0 N–H and O–H groups in total. The topological polar surface area (TPSA) is 34.1 Å². The zero-order valence-corrected chi connectivity index (χ0v) is 17.2. The van der Waals surface area contributed by atoms with Gasteiger partial charge in [-0.1, -0.05) is 67.6 Å². The van der Waals surface area contributed by atoms with Gasteiger partial charge in [0.25, 0.3) is 0 Å². The summed E-state index contributed by atoms with van der Waals surface area (Å²) in [6.45, 7) is 2.15. The molecular weight excluding hydrogens is 384 g/mol. The number of fused-ring (bicyclic) bond motifs is 2. The zero-order valence-electron chi connectivity index (χ0n) is 15.6. The number of benzene rings is 3. The Labute approximate surface area is 173 Å². The third-order valence-electron chi connectivity index (χ3n) is 4.72. The fourth-order valence-electron chi connectivity index (χ4n) is 3.33. The number of carbonyl (C=O) groups is 2. The van der Waals surface area contributed by atoms with Crippen LogP contribution < -0.4 is 0 Å². The first-order valence-electron chi connectivity index (χ1n) is 9.42. The maximum absolute atomic E-state index is 13.4. The lowest BCUT2D eigenvalue weighted by atomic mass is 9.84. The van der Waals surface area contributed by atoms with Crippen LogP contribution >= 0.6 is 23.5 Å². The van der Waals surface area contributed by atoms with Gasteiger partial charge in [-0.25, -0.2) is 0 Å². The molecule has 4 heteroatoms. The minimum absolute atomic E-state index is 0.0419. The molecule has 0 fully saturated rings. The van der Waals surface area contributed by atoms with Crippen LogP contribution in [0.1, 0.15) is 51.6 Å². The van der Waals surface area contributed by atoms with Gasteiger partial charge in [-0.3, -0.25) is 9.59 Å². The Hall–Kier alpha value is -2.30. The molecule has 0 saturated carbocycles. The van der Waals surface area contributed by atoms with Crippen LogP contribution in [-0.4, -0.2) is 17.3 Å². The molecule has 0 unspecified atom stereocenters. The second-order valence-corrected chi connectivity index (χ2v) is 8.88. The minimum Gasteiger partial charge on any atom is -0.289 e. The summed E-state index contributed by atoms with van der Waals surface area (Å²) in [6, 6.07) is 21.1. The maximum Gasteiger partial charge on any atom is 0.195 e. The van der Waals surface area contributed by atoms with Gasteiger partial charge in [0.05, 0.1) is 0 Å². The van der Waals surface area contributed by atoms with Crippen molar-refractivity contribution in [3.63, 3.8) is 0 Å². The third kappa shape index (κ3) is 3.54. The van der Waals surface area contributed by atoms with E-state index in [0.29, 0.717) is 22.3 Å². The van der Waals surface area contributed by atoms with Crippen molar-refractivity contribution in [2.45, 2.75) is 34.5 Å². The second-order valence-electron chi connectivity index (χ2n) is 6.63. The molecule has 0 bridgehead atoms. The third-order valence-corrected chi connectivity index (χ3v) is 6.93. The van der Waals surface area contributed by atoms with E-state index in [4.69, 9.17) is 0 Å². The number of hydrogen-bond acceptors (Lipinski definition) is 4. The van der Waals surface area contributed by atoms with Crippen molar-refractivity contribution in [1.29, 1.82) is 0 Å². The minimum atomic E-state index is -0.0541. The molecule has 0 aromatic heterocycles. The summed E-state index contributed by atoms with van der Waals surface area (Å²) in [5.74, 6) is 0.854. The number of thioether (sulfide) groups is 1. The predicted molar refractivity (Wildman–Crippen MR) is 116 cm³/mol. The SMILES string of the molecule is CCCCSc1cccc2c1C(=O)c1cccc(Sc3ccccc3)c1C2=O. The zero-order chi connectivity index (χ0) is 19.5. The van der Waals surface area contributed by atoms with E-state index < -0.39 is 0 Å². The first kappa shape index (κ1) is 19.0. The van der Waals surface area contributed by atoms with Crippen LogP contribution in [0.4, 0.5) is 0 Å². The summed E-state index contributed by atoms with van der Waals surface area (Å²) in [5, 5.41) is 0. The highest BCUT2D eigenvalue weighted by Gasteiger charge is 2.33. The average Bonchev–Trinajstić information content (AvgIpc) is 2.73. The number of unbranched alkanes of at least 4 members (excludes halogenated alkanes) is 1. The highest BCUT2D eigenvalue weighted by molar-refractivity contribution is 7.99. The van der Waals surface area contributed by atoms with Crippen molar-refractivity contribution >= 4 is 35.1 Å². The second kappa shape index (κ2) is 8.38. The van der Waals surface area contributed by atoms with Gasteiger partial charge in [0, 0.05) is 36.9 Å². The lowest BCUT2D eigenvalue weighted by molar-refractivity contribution is 0.0974. The van der Waals surface area contributed by atoms with Gasteiger partial charge in [-0.2, -0.15) is 0 Å². The number of carbonyl (C=O) groups excluding carboxylic acids is 2. The molecule has 0 spiro atoms. The Bertz CT molecular complexity index is 1040. The summed E-state index contributed by atoms with van der Waals surface area (Å²) in [7, 11) is 0. The molecule has 0 saturated heterocycles. The van der Waals surface area contributed by atoms with Gasteiger partial charge in [0.2, 0.25) is 0 Å². The fourth-order valence-corrected chi connectivity index (χ4v) is 5.50. The Morgan fingerprint density at radius 2 is 1.32 bits per heavy atom. The lowest BCUT2D eigenvalue weighted by Gasteiger charge is -2.22. The highest BCUT2D eigenvalue weighted by Crippen LogP contribution is 2.39. The Morgan fingerprint density at radius 1 is 0.714 bits per heavy atom. The van der Waals surface area contributed by atoms with E-state index in [-0.39, 0.29) is 11.6 Å². The molecule has 0 amide bonds. The molecule has 2 nitrogen and oxygen atoms in total. The predicted octanol–water partition coefficient (Wildman–Crippen LogP) is 6.51. The Balaban J connectivity index is 1.77. The molecule has 4 rings (SSSR count). The van der Waals surface area contributed by atoms with Crippen LogP contribution in [0.15, 0.2) is 81.4 Å². The van der Waals surface area contributed by atoms with Gasteiger partial charge in [0.15, 0.2) is 11.6 Å². The van der Waals surface area contributed by atoms with Crippen LogP contribution in [0.5, 0.6) is 0 Å². The molecule has 0 atom stereocenters. The summed E-state index contributed by atoms with van der Waals surface area (Å²) < 4.78 is 0. The van der Waals surface area contributed by atoms with E-state index in [2.05, 4.69) is 6.92 Å². The number of hydrogen-bond donors (Lipinski definition) is 0. The van der Waals surface area contributed by atoms with Crippen molar-refractivity contribution in [1.82, 2.24) is 0 Å². The smallest absolute Gasteiger partial charge is 0.195 e. The molecule has 140 valence electrons. The molecule has 0 radical (unpaired) electrons. The highest BCUT2D eigenvalue weighted by atomic mass is 32.2. The van der Waals surface area contributed by atoms with Gasteiger partial charge in [-0.05, 0) is 36.4 Å². The molecule has 3 aromatic rings. The molecule has 3 aromatic carbocycles. The molecule has 0 heterocycles. The van der Waals surface area contributed by atoms with Gasteiger partial charge < -0.3 is 0 Å². The fraction of sp³-hybridized carbons (Fsp3) is 0.167. The monoisotopic (exact) mass is 404 g/mol. The standard InChI is InChI=1S/C24H20O2S2/c1-2-3-15-27-19-13-7-11-17-21(19)23(25)18-12-8-14-20(22(18)24(17)26)28-16-9-5-4-6-10-16/h4-14H,2-3,15H2,1H3. The summed E-state index contributed by atoms with van der Waals surface area (Å²) in [6.07, 6.45) is 2.20. The Kier molecular flexibility index (Phi) is 5.69. The van der Waals surface area contributed by atoms with Crippen molar-refractivity contribution in [3.05, 3.63) is 89.0 Å².